The maximum atomic E-state index is 12.6. The van der Waals surface area contributed by atoms with Gasteiger partial charge in [0, 0.05) is 5.57 Å². The summed E-state index contributed by atoms with van der Waals surface area (Å²) in [5.74, 6) is -1.76. The van der Waals surface area contributed by atoms with Gasteiger partial charge in [-0.3, -0.25) is 4.79 Å². The Morgan fingerprint density at radius 3 is 2.64 bits per heavy atom. The molecule has 0 spiro atoms. The molecular formula is C15H14F3NO3. The number of carboxylic acids is 1. The van der Waals surface area contributed by atoms with Gasteiger partial charge >= 0.3 is 12.1 Å². The third-order valence-electron chi connectivity index (χ3n) is 3.56. The number of benzene rings is 1. The van der Waals surface area contributed by atoms with Crippen molar-refractivity contribution in [3.8, 4) is 0 Å². The molecule has 2 rings (SSSR count). The van der Waals surface area contributed by atoms with Crippen LogP contribution in [0.3, 0.4) is 0 Å². The first-order valence-corrected chi connectivity index (χ1v) is 6.59. The van der Waals surface area contributed by atoms with Crippen LogP contribution in [-0.2, 0) is 22.2 Å². The minimum absolute atomic E-state index is 0.233. The second-order valence-corrected chi connectivity index (χ2v) is 5.16. The van der Waals surface area contributed by atoms with Gasteiger partial charge in [-0.1, -0.05) is 12.6 Å². The van der Waals surface area contributed by atoms with Gasteiger partial charge in [0.2, 0.25) is 5.91 Å². The molecule has 1 aliphatic carbocycles. The zero-order valence-electron chi connectivity index (χ0n) is 11.5. The number of halogens is 3. The Balaban J connectivity index is 2.08. The van der Waals surface area contributed by atoms with Gasteiger partial charge in [-0.2, -0.15) is 13.2 Å². The molecule has 0 aliphatic heterocycles. The van der Waals surface area contributed by atoms with Crippen molar-refractivity contribution >= 4 is 11.9 Å². The van der Waals surface area contributed by atoms with Crippen LogP contribution in [0.1, 0.15) is 35.6 Å². The van der Waals surface area contributed by atoms with E-state index in [1.165, 1.54) is 6.07 Å². The minimum Gasteiger partial charge on any atom is -0.478 e. The number of alkyl halides is 3. The molecule has 7 heteroatoms. The van der Waals surface area contributed by atoms with Gasteiger partial charge in [-0.15, -0.1) is 0 Å². The lowest BCUT2D eigenvalue weighted by Crippen LogP contribution is -2.28. The summed E-state index contributed by atoms with van der Waals surface area (Å²) in [6, 6.07) is 3.05. The van der Waals surface area contributed by atoms with E-state index in [0.29, 0.717) is 24.0 Å². The highest BCUT2D eigenvalue weighted by molar-refractivity contribution is 5.93. The predicted octanol–water partition coefficient (Wildman–Crippen LogP) is 2.84. The Labute approximate surface area is 124 Å². The topological polar surface area (TPSA) is 66.4 Å². The Morgan fingerprint density at radius 2 is 2.05 bits per heavy atom. The van der Waals surface area contributed by atoms with E-state index in [4.69, 9.17) is 5.11 Å². The molecule has 1 amide bonds. The van der Waals surface area contributed by atoms with E-state index in [0.717, 1.165) is 12.1 Å². The molecule has 0 fully saturated rings. The Hall–Kier alpha value is -2.31. The third kappa shape index (κ3) is 3.47. The number of nitrogens with one attached hydrogen (secondary N) is 1. The number of carbonyl (C=O) groups is 2. The van der Waals surface area contributed by atoms with Crippen LogP contribution in [0.2, 0.25) is 0 Å². The molecule has 1 aromatic carbocycles. The quantitative estimate of drug-likeness (QED) is 0.840. The second-order valence-electron chi connectivity index (χ2n) is 5.16. The van der Waals surface area contributed by atoms with E-state index < -0.39 is 29.7 Å². The van der Waals surface area contributed by atoms with Crippen molar-refractivity contribution in [1.29, 1.82) is 0 Å². The number of hydrogen-bond donors (Lipinski definition) is 2. The van der Waals surface area contributed by atoms with Crippen LogP contribution in [0.15, 0.2) is 30.4 Å². The van der Waals surface area contributed by atoms with Crippen LogP contribution >= 0.6 is 0 Å². The van der Waals surface area contributed by atoms with E-state index in [9.17, 15) is 22.8 Å². The highest BCUT2D eigenvalue weighted by Gasteiger charge is 2.33. The van der Waals surface area contributed by atoms with Crippen molar-refractivity contribution in [3.63, 3.8) is 0 Å². The number of carboxylic acid groups (broad SMARTS) is 1. The maximum absolute atomic E-state index is 12.6. The fourth-order valence-corrected chi connectivity index (χ4v) is 2.46. The molecule has 4 nitrogen and oxygen atoms in total. The lowest BCUT2D eigenvalue weighted by atomic mass is 10.0. The molecule has 1 aromatic rings. The number of carbonyl (C=O) groups excluding carboxylic acids is 1. The highest BCUT2D eigenvalue weighted by Crippen LogP contribution is 2.36. The minimum atomic E-state index is -4.39. The van der Waals surface area contributed by atoms with Gasteiger partial charge in [0.05, 0.1) is 18.0 Å². The van der Waals surface area contributed by atoms with Crippen molar-refractivity contribution in [1.82, 2.24) is 5.32 Å². The summed E-state index contributed by atoms with van der Waals surface area (Å²) in [6.45, 7) is 3.27. The summed E-state index contributed by atoms with van der Waals surface area (Å²) >= 11 is 0. The monoisotopic (exact) mass is 313 g/mol. The number of rotatable bonds is 4. The van der Waals surface area contributed by atoms with Crippen LogP contribution in [0.25, 0.3) is 0 Å². The summed E-state index contributed by atoms with van der Waals surface area (Å²) in [4.78, 5) is 22.4. The van der Waals surface area contributed by atoms with Crippen molar-refractivity contribution in [3.05, 3.63) is 47.0 Å². The van der Waals surface area contributed by atoms with Gasteiger partial charge in [0.1, 0.15) is 0 Å². The summed E-state index contributed by atoms with van der Waals surface area (Å²) in [5, 5.41) is 11.3. The first-order chi connectivity index (χ1) is 10.2. The molecule has 0 aromatic heterocycles. The molecule has 0 heterocycles. The number of fused-ring (bicyclic) bond motifs is 1. The summed E-state index contributed by atoms with van der Waals surface area (Å²) in [6.07, 6.45) is -3.82. The molecule has 22 heavy (non-hydrogen) atoms. The Morgan fingerprint density at radius 1 is 1.36 bits per heavy atom. The SMILES string of the molecule is C=C(CC(=O)NC1CCc2cc(C(F)(F)F)ccc21)C(=O)O. The van der Waals surface area contributed by atoms with Gasteiger partial charge in [0.15, 0.2) is 0 Å². The predicted molar refractivity (Wildman–Crippen MR) is 72.0 cm³/mol. The summed E-state index contributed by atoms with van der Waals surface area (Å²) < 4.78 is 37.9. The average Bonchev–Trinajstić information content (AvgIpc) is 2.80. The second kappa shape index (κ2) is 5.82. The molecule has 0 radical (unpaired) electrons. The van der Waals surface area contributed by atoms with Crippen LogP contribution in [0.4, 0.5) is 13.2 Å². The van der Waals surface area contributed by atoms with Gasteiger partial charge in [-0.25, -0.2) is 4.79 Å². The number of hydrogen-bond acceptors (Lipinski definition) is 2. The van der Waals surface area contributed by atoms with E-state index in [-0.39, 0.29) is 12.0 Å². The smallest absolute Gasteiger partial charge is 0.416 e. The molecule has 1 aliphatic rings. The normalized spacial score (nSPS) is 17.0. The van der Waals surface area contributed by atoms with Crippen molar-refractivity contribution in [2.45, 2.75) is 31.5 Å². The zero-order valence-corrected chi connectivity index (χ0v) is 11.5. The standard InChI is InChI=1S/C15H14F3NO3/c1-8(14(21)22)6-13(20)19-12-5-2-9-7-10(15(16,17)18)3-4-11(9)12/h3-4,7,12H,1-2,5-6H2,(H,19,20)(H,21,22). The van der Waals surface area contributed by atoms with Crippen molar-refractivity contribution in [2.75, 3.05) is 0 Å². The molecule has 1 atom stereocenters. The van der Waals surface area contributed by atoms with Gasteiger partial charge < -0.3 is 10.4 Å². The number of aliphatic carboxylic acids is 1. The molecule has 1 unspecified atom stereocenters. The van der Waals surface area contributed by atoms with E-state index in [2.05, 4.69) is 11.9 Å². The largest absolute Gasteiger partial charge is 0.478 e. The lowest BCUT2D eigenvalue weighted by molar-refractivity contribution is -0.137. The maximum Gasteiger partial charge on any atom is 0.416 e. The van der Waals surface area contributed by atoms with Crippen molar-refractivity contribution in [2.24, 2.45) is 0 Å². The van der Waals surface area contributed by atoms with E-state index in [1.807, 2.05) is 0 Å². The van der Waals surface area contributed by atoms with Crippen LogP contribution in [0, 0.1) is 0 Å². The molecule has 0 bridgehead atoms. The molecule has 0 saturated heterocycles. The number of aryl methyl sites for hydroxylation is 1. The molecular weight excluding hydrogens is 299 g/mol. The number of amides is 1. The van der Waals surface area contributed by atoms with Crippen LogP contribution in [-0.4, -0.2) is 17.0 Å². The van der Waals surface area contributed by atoms with Gasteiger partial charge in [-0.05, 0) is 36.1 Å². The fourth-order valence-electron chi connectivity index (χ4n) is 2.46. The first-order valence-electron chi connectivity index (χ1n) is 6.59. The molecule has 2 N–H and O–H groups in total. The van der Waals surface area contributed by atoms with Gasteiger partial charge in [0.25, 0.3) is 0 Å². The molecule has 0 saturated carbocycles. The Bertz CT molecular complexity index is 637. The molecule has 118 valence electrons. The zero-order chi connectivity index (χ0) is 16.5. The Kier molecular flexibility index (Phi) is 4.25. The summed E-state index contributed by atoms with van der Waals surface area (Å²) in [5.41, 5.74) is 0.250. The summed E-state index contributed by atoms with van der Waals surface area (Å²) in [7, 11) is 0. The van der Waals surface area contributed by atoms with E-state index in [1.54, 1.807) is 0 Å². The highest BCUT2D eigenvalue weighted by atomic mass is 19.4. The first kappa shape index (κ1) is 16.1. The fraction of sp³-hybridized carbons (Fsp3) is 0.333. The van der Waals surface area contributed by atoms with Crippen LogP contribution < -0.4 is 5.32 Å². The van der Waals surface area contributed by atoms with Crippen molar-refractivity contribution < 1.29 is 27.9 Å². The third-order valence-corrected chi connectivity index (χ3v) is 3.56. The van der Waals surface area contributed by atoms with Crippen LogP contribution in [0.5, 0.6) is 0 Å². The lowest BCUT2D eigenvalue weighted by Gasteiger charge is -2.15. The average molecular weight is 313 g/mol. The van der Waals surface area contributed by atoms with E-state index >= 15 is 0 Å².